The zero-order valence-electron chi connectivity index (χ0n) is 11.1. The summed E-state index contributed by atoms with van der Waals surface area (Å²) in [5.74, 6) is 0. The summed E-state index contributed by atoms with van der Waals surface area (Å²) in [6.07, 6.45) is 4.44. The number of benzene rings is 1. The third-order valence-electron chi connectivity index (χ3n) is 3.75. The Morgan fingerprint density at radius 2 is 1.80 bits per heavy atom. The predicted octanol–water partition coefficient (Wildman–Crippen LogP) is 3.96. The predicted molar refractivity (Wildman–Crippen MR) is 84.3 cm³/mol. The second-order valence-electron chi connectivity index (χ2n) is 5.09. The van der Waals surface area contributed by atoms with Crippen LogP contribution in [0.25, 0.3) is 20.9 Å². The molecule has 0 aliphatic carbocycles. The maximum atomic E-state index is 4.65. The first-order valence-corrected chi connectivity index (χ1v) is 7.79. The molecule has 4 heteroatoms. The molecule has 0 unspecified atom stereocenters. The topological polar surface area (TPSA) is 29.0 Å². The van der Waals surface area contributed by atoms with Crippen molar-refractivity contribution in [2.45, 2.75) is 12.8 Å². The summed E-state index contributed by atoms with van der Waals surface area (Å²) in [6.45, 7) is 2.37. The number of rotatable bonds is 2. The molecule has 1 aliphatic rings. The third kappa shape index (κ3) is 2.06. The highest BCUT2D eigenvalue weighted by Gasteiger charge is 2.12. The van der Waals surface area contributed by atoms with E-state index in [1.807, 2.05) is 18.3 Å². The van der Waals surface area contributed by atoms with E-state index < -0.39 is 0 Å². The largest absolute Gasteiger partial charge is 0.372 e. The maximum absolute atomic E-state index is 4.65. The van der Waals surface area contributed by atoms with Gasteiger partial charge >= 0.3 is 0 Å². The summed E-state index contributed by atoms with van der Waals surface area (Å²) in [5.41, 5.74) is 3.48. The SMILES string of the molecule is c1cnc2sc(-c3ccc(N4CCCC4)cc3)nc2c1. The first-order valence-electron chi connectivity index (χ1n) is 6.97. The normalized spacial score (nSPS) is 15.1. The van der Waals surface area contributed by atoms with Crippen molar-refractivity contribution >= 4 is 27.4 Å². The van der Waals surface area contributed by atoms with Crippen molar-refractivity contribution in [2.75, 3.05) is 18.0 Å². The Bertz CT molecular complexity index is 694. The minimum atomic E-state index is 0.983. The highest BCUT2D eigenvalue weighted by Crippen LogP contribution is 2.30. The molecule has 0 saturated carbocycles. The molecule has 1 aromatic carbocycles. The van der Waals surface area contributed by atoms with Crippen LogP contribution in [-0.2, 0) is 0 Å². The molecule has 3 nitrogen and oxygen atoms in total. The van der Waals surface area contributed by atoms with Crippen molar-refractivity contribution in [3.63, 3.8) is 0 Å². The summed E-state index contributed by atoms with van der Waals surface area (Å²) < 4.78 is 0. The van der Waals surface area contributed by atoms with Crippen molar-refractivity contribution in [3.05, 3.63) is 42.6 Å². The molecule has 1 saturated heterocycles. The van der Waals surface area contributed by atoms with Crippen LogP contribution in [0.3, 0.4) is 0 Å². The summed E-state index contributed by atoms with van der Waals surface area (Å²) >= 11 is 1.65. The molecule has 4 rings (SSSR count). The summed E-state index contributed by atoms with van der Waals surface area (Å²) in [5, 5.41) is 1.05. The number of nitrogens with zero attached hydrogens (tertiary/aromatic N) is 3. The lowest BCUT2D eigenvalue weighted by Gasteiger charge is -2.17. The molecule has 0 spiro atoms. The summed E-state index contributed by atoms with van der Waals surface area (Å²) in [6, 6.07) is 12.7. The van der Waals surface area contributed by atoms with Crippen LogP contribution in [-0.4, -0.2) is 23.1 Å². The molecule has 2 aromatic heterocycles. The van der Waals surface area contributed by atoms with Gasteiger partial charge in [0, 0.05) is 30.5 Å². The Hall–Kier alpha value is -1.94. The summed E-state index contributed by atoms with van der Waals surface area (Å²) in [7, 11) is 0. The average molecular weight is 281 g/mol. The van der Waals surface area contributed by atoms with E-state index in [2.05, 4.69) is 39.1 Å². The van der Waals surface area contributed by atoms with Gasteiger partial charge in [-0.25, -0.2) is 9.97 Å². The third-order valence-corrected chi connectivity index (χ3v) is 4.78. The van der Waals surface area contributed by atoms with Crippen LogP contribution in [0.5, 0.6) is 0 Å². The number of anilines is 1. The fourth-order valence-electron chi connectivity index (χ4n) is 2.68. The standard InChI is InChI=1S/C16H15N3S/c1-2-11-19(10-1)13-7-5-12(6-8-13)15-18-14-4-3-9-17-16(14)20-15/h3-9H,1-2,10-11H2. The minimum Gasteiger partial charge on any atom is -0.372 e. The quantitative estimate of drug-likeness (QED) is 0.712. The second kappa shape index (κ2) is 4.87. The van der Waals surface area contributed by atoms with E-state index in [4.69, 9.17) is 0 Å². The van der Waals surface area contributed by atoms with Crippen molar-refractivity contribution in [2.24, 2.45) is 0 Å². The second-order valence-corrected chi connectivity index (χ2v) is 6.07. The van der Waals surface area contributed by atoms with Gasteiger partial charge in [-0.15, -0.1) is 0 Å². The van der Waals surface area contributed by atoms with Crippen molar-refractivity contribution in [1.82, 2.24) is 9.97 Å². The van der Waals surface area contributed by atoms with Gasteiger partial charge < -0.3 is 4.90 Å². The Kier molecular flexibility index (Phi) is 2.89. The number of pyridine rings is 1. The maximum Gasteiger partial charge on any atom is 0.143 e. The van der Waals surface area contributed by atoms with E-state index in [1.54, 1.807) is 11.3 Å². The molecule has 3 aromatic rings. The van der Waals surface area contributed by atoms with Crippen molar-refractivity contribution < 1.29 is 0 Å². The number of aromatic nitrogens is 2. The van der Waals surface area contributed by atoms with E-state index in [0.717, 1.165) is 15.4 Å². The molecule has 0 N–H and O–H groups in total. The number of hydrogen-bond acceptors (Lipinski definition) is 4. The molecule has 100 valence electrons. The van der Waals surface area contributed by atoms with Crippen LogP contribution in [0.2, 0.25) is 0 Å². The Balaban J connectivity index is 1.67. The smallest absolute Gasteiger partial charge is 0.143 e. The molecular weight excluding hydrogens is 266 g/mol. The fourth-order valence-corrected chi connectivity index (χ4v) is 3.60. The Morgan fingerprint density at radius 1 is 1.00 bits per heavy atom. The molecule has 0 atom stereocenters. The lowest BCUT2D eigenvalue weighted by molar-refractivity contribution is 0.949. The van der Waals surface area contributed by atoms with Gasteiger partial charge in [-0.1, -0.05) is 11.3 Å². The van der Waals surface area contributed by atoms with E-state index in [1.165, 1.54) is 37.2 Å². The Labute approximate surface area is 121 Å². The van der Waals surface area contributed by atoms with Gasteiger partial charge in [0.25, 0.3) is 0 Å². The van der Waals surface area contributed by atoms with E-state index in [-0.39, 0.29) is 0 Å². The number of hydrogen-bond donors (Lipinski definition) is 0. The first kappa shape index (κ1) is 11.9. The van der Waals surface area contributed by atoms with Gasteiger partial charge in [-0.05, 0) is 49.2 Å². The number of fused-ring (bicyclic) bond motifs is 1. The molecule has 1 aliphatic heterocycles. The lowest BCUT2D eigenvalue weighted by Crippen LogP contribution is -2.17. The molecule has 0 amide bonds. The van der Waals surface area contributed by atoms with Gasteiger partial charge in [-0.2, -0.15) is 0 Å². The van der Waals surface area contributed by atoms with Crippen LogP contribution in [0, 0.1) is 0 Å². The molecular formula is C16H15N3S. The van der Waals surface area contributed by atoms with Gasteiger partial charge in [-0.3, -0.25) is 0 Å². The highest BCUT2D eigenvalue weighted by atomic mass is 32.1. The number of thiazole rings is 1. The van der Waals surface area contributed by atoms with E-state index in [9.17, 15) is 0 Å². The van der Waals surface area contributed by atoms with Crippen molar-refractivity contribution in [3.8, 4) is 10.6 Å². The monoisotopic (exact) mass is 281 g/mol. The summed E-state index contributed by atoms with van der Waals surface area (Å²) in [4.78, 5) is 12.5. The zero-order valence-corrected chi connectivity index (χ0v) is 11.9. The first-order chi connectivity index (χ1) is 9.90. The van der Waals surface area contributed by atoms with Crippen molar-refractivity contribution in [1.29, 1.82) is 0 Å². The van der Waals surface area contributed by atoms with Gasteiger partial charge in [0.2, 0.25) is 0 Å². The molecule has 3 heterocycles. The van der Waals surface area contributed by atoms with E-state index in [0.29, 0.717) is 0 Å². The van der Waals surface area contributed by atoms with Crippen LogP contribution < -0.4 is 4.90 Å². The van der Waals surface area contributed by atoms with Gasteiger partial charge in [0.15, 0.2) is 0 Å². The zero-order chi connectivity index (χ0) is 13.4. The van der Waals surface area contributed by atoms with Crippen LogP contribution in [0.1, 0.15) is 12.8 Å². The van der Waals surface area contributed by atoms with E-state index >= 15 is 0 Å². The molecule has 20 heavy (non-hydrogen) atoms. The fraction of sp³-hybridized carbons (Fsp3) is 0.250. The average Bonchev–Trinajstić information content (AvgIpc) is 3.17. The van der Waals surface area contributed by atoms with Crippen LogP contribution in [0.4, 0.5) is 5.69 Å². The van der Waals surface area contributed by atoms with Crippen LogP contribution >= 0.6 is 11.3 Å². The molecule has 0 bridgehead atoms. The van der Waals surface area contributed by atoms with Crippen LogP contribution in [0.15, 0.2) is 42.6 Å². The highest BCUT2D eigenvalue weighted by molar-refractivity contribution is 7.21. The molecule has 0 radical (unpaired) electrons. The lowest BCUT2D eigenvalue weighted by atomic mass is 10.2. The Morgan fingerprint density at radius 3 is 2.55 bits per heavy atom. The van der Waals surface area contributed by atoms with Gasteiger partial charge in [0.05, 0.1) is 0 Å². The minimum absolute atomic E-state index is 0.983. The molecule has 1 fully saturated rings. The van der Waals surface area contributed by atoms with Gasteiger partial charge in [0.1, 0.15) is 15.4 Å².